The molecule has 1 aromatic heterocycles. The molecular weight excluding hydrogens is 318 g/mol. The van der Waals surface area contributed by atoms with E-state index >= 15 is 0 Å². The van der Waals surface area contributed by atoms with E-state index in [-0.39, 0.29) is 16.5 Å². The lowest BCUT2D eigenvalue weighted by molar-refractivity contribution is -0.139. The highest BCUT2D eigenvalue weighted by molar-refractivity contribution is 5.82. The molecule has 2 heterocycles. The Morgan fingerprint density at radius 1 is 1.33 bits per heavy atom. The molecule has 3 rings (SSSR count). The van der Waals surface area contributed by atoms with Crippen molar-refractivity contribution in [3.63, 3.8) is 0 Å². The molecule has 0 aliphatic carbocycles. The van der Waals surface area contributed by atoms with Gasteiger partial charge in [0.05, 0.1) is 32.3 Å². The van der Waals surface area contributed by atoms with Crippen LogP contribution in [0.2, 0.25) is 0 Å². The second-order valence-corrected chi connectivity index (χ2v) is 5.70. The summed E-state index contributed by atoms with van der Waals surface area (Å²) in [5.74, 6) is -2.24. The Bertz CT molecular complexity index is 761. The van der Waals surface area contributed by atoms with Crippen LogP contribution in [0, 0.1) is 11.6 Å². The summed E-state index contributed by atoms with van der Waals surface area (Å²) in [6.07, 6.45) is 1.18. The van der Waals surface area contributed by atoms with Gasteiger partial charge in [-0.05, 0) is 11.6 Å². The minimum Gasteiger partial charge on any atom is -0.469 e. The maximum Gasteiger partial charge on any atom is 0.310 e. The fourth-order valence-electron chi connectivity index (χ4n) is 2.77. The molecule has 1 aliphatic rings. The van der Waals surface area contributed by atoms with Crippen molar-refractivity contribution in [2.45, 2.75) is 13.0 Å². The molecule has 1 saturated heterocycles. The standard InChI is InChI=1S/C17H18F2N2O3/c1-23-16(22)7-12-14(18)8-15-13(17(12)19)6-11(9-20-15)10-21-2-4-24-5-3-21/h6,8-9H,2-5,7,10H2,1H3. The van der Waals surface area contributed by atoms with Crippen molar-refractivity contribution in [1.29, 1.82) is 0 Å². The average molecular weight is 336 g/mol. The summed E-state index contributed by atoms with van der Waals surface area (Å²) in [7, 11) is 1.18. The number of fused-ring (bicyclic) bond motifs is 1. The van der Waals surface area contributed by atoms with Crippen LogP contribution in [0.4, 0.5) is 8.78 Å². The predicted molar refractivity (Wildman–Crippen MR) is 83.5 cm³/mol. The number of esters is 1. The third kappa shape index (κ3) is 3.52. The second kappa shape index (κ2) is 7.19. The molecule has 1 aromatic carbocycles. The van der Waals surface area contributed by atoms with E-state index in [0.717, 1.165) is 24.7 Å². The molecule has 0 radical (unpaired) electrons. The van der Waals surface area contributed by atoms with Crippen LogP contribution in [0.1, 0.15) is 11.1 Å². The van der Waals surface area contributed by atoms with Crippen LogP contribution in [0.3, 0.4) is 0 Å². The minimum atomic E-state index is -0.793. The lowest BCUT2D eigenvalue weighted by Crippen LogP contribution is -2.35. The maximum absolute atomic E-state index is 14.7. The number of carbonyl (C=O) groups is 1. The fraction of sp³-hybridized carbons (Fsp3) is 0.412. The summed E-state index contributed by atoms with van der Waals surface area (Å²) in [6.45, 7) is 3.57. The molecule has 128 valence electrons. The van der Waals surface area contributed by atoms with Gasteiger partial charge in [0.1, 0.15) is 11.6 Å². The third-order valence-electron chi connectivity index (χ3n) is 4.09. The molecule has 0 saturated carbocycles. The van der Waals surface area contributed by atoms with Crippen LogP contribution in [0.25, 0.3) is 10.9 Å². The van der Waals surface area contributed by atoms with Crippen molar-refractivity contribution in [3.05, 3.63) is 41.1 Å². The maximum atomic E-state index is 14.7. The highest BCUT2D eigenvalue weighted by Crippen LogP contribution is 2.25. The summed E-state index contributed by atoms with van der Waals surface area (Å²) in [6, 6.07) is 2.81. The number of nitrogens with zero attached hydrogens (tertiary/aromatic N) is 2. The lowest BCUT2D eigenvalue weighted by Gasteiger charge is -2.26. The first-order chi connectivity index (χ1) is 11.6. The first-order valence-electron chi connectivity index (χ1n) is 7.71. The number of benzene rings is 1. The van der Waals surface area contributed by atoms with Crippen molar-refractivity contribution in [2.24, 2.45) is 0 Å². The molecule has 0 N–H and O–H groups in total. The van der Waals surface area contributed by atoms with Gasteiger partial charge in [0, 0.05) is 42.8 Å². The first kappa shape index (κ1) is 16.7. The zero-order chi connectivity index (χ0) is 17.1. The van der Waals surface area contributed by atoms with Crippen LogP contribution < -0.4 is 0 Å². The van der Waals surface area contributed by atoms with Crippen LogP contribution in [-0.2, 0) is 27.2 Å². The van der Waals surface area contributed by atoms with Gasteiger partial charge in [-0.15, -0.1) is 0 Å². The van der Waals surface area contributed by atoms with Crippen LogP contribution in [0.5, 0.6) is 0 Å². The van der Waals surface area contributed by atoms with Gasteiger partial charge in [-0.2, -0.15) is 0 Å². The van der Waals surface area contributed by atoms with Gasteiger partial charge in [-0.25, -0.2) is 8.78 Å². The second-order valence-electron chi connectivity index (χ2n) is 5.70. The van der Waals surface area contributed by atoms with Crippen molar-refractivity contribution in [1.82, 2.24) is 9.88 Å². The van der Waals surface area contributed by atoms with Crippen molar-refractivity contribution >= 4 is 16.9 Å². The Hall–Kier alpha value is -2.12. The SMILES string of the molecule is COC(=O)Cc1c(F)cc2ncc(CN3CCOCC3)cc2c1F. The van der Waals surface area contributed by atoms with Crippen LogP contribution in [0.15, 0.2) is 18.3 Å². The molecule has 0 unspecified atom stereocenters. The molecule has 5 nitrogen and oxygen atoms in total. The molecule has 7 heteroatoms. The summed E-state index contributed by atoms with van der Waals surface area (Å²) < 4.78 is 38.5. The summed E-state index contributed by atoms with van der Waals surface area (Å²) >= 11 is 0. The molecule has 1 aliphatic heterocycles. The molecule has 2 aromatic rings. The van der Waals surface area contributed by atoms with Crippen molar-refractivity contribution in [2.75, 3.05) is 33.4 Å². The highest BCUT2D eigenvalue weighted by atomic mass is 19.1. The number of hydrogen-bond donors (Lipinski definition) is 0. The topological polar surface area (TPSA) is 51.7 Å². The van der Waals surface area contributed by atoms with Gasteiger partial charge in [-0.1, -0.05) is 0 Å². The molecular formula is C17H18F2N2O3. The number of morpholine rings is 1. The van der Waals surface area contributed by atoms with E-state index in [1.807, 2.05) is 0 Å². The van der Waals surface area contributed by atoms with E-state index < -0.39 is 24.0 Å². The van der Waals surface area contributed by atoms with Crippen LogP contribution >= 0.6 is 0 Å². The normalized spacial score (nSPS) is 15.6. The van der Waals surface area contributed by atoms with Crippen LogP contribution in [-0.4, -0.2) is 49.3 Å². The zero-order valence-corrected chi connectivity index (χ0v) is 13.3. The summed E-state index contributed by atoms with van der Waals surface area (Å²) in [4.78, 5) is 17.7. The minimum absolute atomic E-state index is 0.209. The van der Waals surface area contributed by atoms with Crippen molar-refractivity contribution < 1.29 is 23.0 Å². The summed E-state index contributed by atoms with van der Waals surface area (Å²) in [5, 5.41) is 0.209. The number of ether oxygens (including phenoxy) is 2. The number of hydrogen-bond acceptors (Lipinski definition) is 5. The Balaban J connectivity index is 1.93. The molecule has 24 heavy (non-hydrogen) atoms. The van der Waals surface area contributed by atoms with Gasteiger partial charge in [0.2, 0.25) is 0 Å². The molecule has 1 fully saturated rings. The molecule has 0 bridgehead atoms. The predicted octanol–water partition coefficient (Wildman–Crippen LogP) is 2.06. The quantitative estimate of drug-likeness (QED) is 0.800. The molecule has 0 spiro atoms. The van der Waals surface area contributed by atoms with Gasteiger partial charge in [0.15, 0.2) is 0 Å². The first-order valence-corrected chi connectivity index (χ1v) is 7.71. The van der Waals surface area contributed by atoms with E-state index in [1.165, 1.54) is 7.11 Å². The Morgan fingerprint density at radius 2 is 2.08 bits per heavy atom. The van der Waals surface area contributed by atoms with Gasteiger partial charge in [-0.3, -0.25) is 14.7 Å². The number of pyridine rings is 1. The van der Waals surface area contributed by atoms with Gasteiger partial charge in [0.25, 0.3) is 0 Å². The number of halogens is 2. The van der Waals surface area contributed by atoms with Crippen molar-refractivity contribution in [3.8, 4) is 0 Å². The third-order valence-corrected chi connectivity index (χ3v) is 4.09. The number of methoxy groups -OCH3 is 1. The number of carbonyl (C=O) groups excluding carboxylic acids is 1. The largest absolute Gasteiger partial charge is 0.469 e. The number of aromatic nitrogens is 1. The zero-order valence-electron chi connectivity index (χ0n) is 13.3. The Labute approximate surface area is 138 Å². The summed E-state index contributed by atoms with van der Waals surface area (Å²) in [5.41, 5.74) is 0.767. The van der Waals surface area contributed by atoms with E-state index in [4.69, 9.17) is 4.74 Å². The highest BCUT2D eigenvalue weighted by Gasteiger charge is 2.19. The van der Waals surface area contributed by atoms with Gasteiger partial charge < -0.3 is 9.47 Å². The molecule has 0 amide bonds. The lowest BCUT2D eigenvalue weighted by atomic mass is 10.0. The van der Waals surface area contributed by atoms with Gasteiger partial charge >= 0.3 is 5.97 Å². The van der Waals surface area contributed by atoms with E-state index in [0.29, 0.717) is 19.8 Å². The number of rotatable bonds is 4. The van der Waals surface area contributed by atoms with E-state index in [2.05, 4.69) is 14.6 Å². The molecule has 0 atom stereocenters. The van der Waals surface area contributed by atoms with E-state index in [9.17, 15) is 13.6 Å². The fourth-order valence-corrected chi connectivity index (χ4v) is 2.77. The average Bonchev–Trinajstić information content (AvgIpc) is 2.60. The van der Waals surface area contributed by atoms with E-state index in [1.54, 1.807) is 12.3 Å². The Morgan fingerprint density at radius 3 is 2.79 bits per heavy atom. The monoisotopic (exact) mass is 336 g/mol. The smallest absolute Gasteiger partial charge is 0.310 e. The Kier molecular flexibility index (Phi) is 5.01.